The molecule has 0 aliphatic carbocycles. The van der Waals surface area contributed by atoms with Crippen molar-refractivity contribution in [3.05, 3.63) is 48.0 Å². The van der Waals surface area contributed by atoms with Gasteiger partial charge in [-0.1, -0.05) is 18.1 Å². The van der Waals surface area contributed by atoms with Crippen molar-refractivity contribution in [2.45, 2.75) is 12.5 Å². The monoisotopic (exact) mass is 323 g/mol. The molecule has 1 aliphatic rings. The van der Waals surface area contributed by atoms with Gasteiger partial charge in [-0.15, -0.1) is 6.42 Å². The van der Waals surface area contributed by atoms with E-state index >= 15 is 0 Å². The Kier molecular flexibility index (Phi) is 4.30. The lowest BCUT2D eigenvalue weighted by molar-refractivity contribution is -0.126. The van der Waals surface area contributed by atoms with Crippen LogP contribution in [0, 0.1) is 12.3 Å². The SMILES string of the molecule is C#CCN1C(=O)C(Cc2cccc(OC)c2)Oc2ccc(O)cc21. The predicted octanol–water partition coefficient (Wildman–Crippen LogP) is 2.37. The van der Waals surface area contributed by atoms with Crippen LogP contribution in [0.1, 0.15) is 5.56 Å². The first-order valence-corrected chi connectivity index (χ1v) is 7.50. The van der Waals surface area contributed by atoms with E-state index in [2.05, 4.69) is 5.92 Å². The van der Waals surface area contributed by atoms with Gasteiger partial charge >= 0.3 is 0 Å². The van der Waals surface area contributed by atoms with Gasteiger partial charge in [-0.05, 0) is 29.8 Å². The molecular formula is C19H17NO4. The number of phenolic OH excluding ortho intramolecular Hbond substituents is 1. The summed E-state index contributed by atoms with van der Waals surface area (Å²) >= 11 is 0. The highest BCUT2D eigenvalue weighted by atomic mass is 16.5. The Hall–Kier alpha value is -3.13. The molecule has 0 bridgehead atoms. The van der Waals surface area contributed by atoms with Gasteiger partial charge in [0.15, 0.2) is 6.10 Å². The number of aromatic hydroxyl groups is 1. The van der Waals surface area contributed by atoms with Crippen molar-refractivity contribution in [2.24, 2.45) is 0 Å². The number of nitrogens with zero attached hydrogens (tertiary/aromatic N) is 1. The van der Waals surface area contributed by atoms with Crippen LogP contribution in [0.5, 0.6) is 17.2 Å². The standard InChI is InChI=1S/C19H17NO4/c1-3-9-20-16-12-14(21)7-8-17(16)24-18(19(20)22)11-13-5-4-6-15(10-13)23-2/h1,4-8,10,12,18,21H,9,11H2,2H3. The molecule has 0 saturated heterocycles. The molecule has 0 aromatic heterocycles. The molecule has 1 N–H and O–H groups in total. The molecule has 1 heterocycles. The zero-order valence-corrected chi connectivity index (χ0v) is 13.2. The average molecular weight is 323 g/mol. The highest BCUT2D eigenvalue weighted by molar-refractivity contribution is 6.00. The minimum atomic E-state index is -0.678. The smallest absolute Gasteiger partial charge is 0.269 e. The molecule has 3 rings (SSSR count). The summed E-state index contributed by atoms with van der Waals surface area (Å²) in [5.74, 6) is 3.55. The molecule has 0 saturated carbocycles. The lowest BCUT2D eigenvalue weighted by Crippen LogP contribution is -2.47. The van der Waals surface area contributed by atoms with Gasteiger partial charge in [0.1, 0.15) is 17.2 Å². The Morgan fingerprint density at radius 2 is 2.17 bits per heavy atom. The summed E-state index contributed by atoms with van der Waals surface area (Å²) in [6.07, 6.45) is 5.11. The predicted molar refractivity (Wildman–Crippen MR) is 90.4 cm³/mol. The van der Waals surface area contributed by atoms with Crippen molar-refractivity contribution in [2.75, 3.05) is 18.6 Å². The molecule has 5 nitrogen and oxygen atoms in total. The quantitative estimate of drug-likeness (QED) is 0.878. The number of anilines is 1. The summed E-state index contributed by atoms with van der Waals surface area (Å²) in [6.45, 7) is 0.118. The first-order valence-electron chi connectivity index (χ1n) is 7.50. The number of fused-ring (bicyclic) bond motifs is 1. The van der Waals surface area contributed by atoms with E-state index in [0.717, 1.165) is 11.3 Å². The minimum absolute atomic E-state index is 0.0541. The normalized spacial score (nSPS) is 16.1. The second kappa shape index (κ2) is 6.55. The molecule has 1 unspecified atom stereocenters. The van der Waals surface area contributed by atoms with E-state index in [1.54, 1.807) is 13.2 Å². The number of methoxy groups -OCH3 is 1. The van der Waals surface area contributed by atoms with E-state index in [1.165, 1.54) is 17.0 Å². The molecule has 2 aromatic carbocycles. The highest BCUT2D eigenvalue weighted by Crippen LogP contribution is 2.37. The Morgan fingerprint density at radius 3 is 2.92 bits per heavy atom. The van der Waals surface area contributed by atoms with Gasteiger partial charge in [0.2, 0.25) is 0 Å². The van der Waals surface area contributed by atoms with Crippen molar-refractivity contribution in [3.63, 3.8) is 0 Å². The Labute approximate surface area is 140 Å². The Bertz CT molecular complexity index is 809. The van der Waals surface area contributed by atoms with Gasteiger partial charge in [-0.25, -0.2) is 0 Å². The van der Waals surface area contributed by atoms with Crippen molar-refractivity contribution < 1.29 is 19.4 Å². The number of carbonyl (C=O) groups excluding carboxylic acids is 1. The lowest BCUT2D eigenvalue weighted by Gasteiger charge is -2.33. The van der Waals surface area contributed by atoms with Gasteiger partial charge < -0.3 is 14.6 Å². The fraction of sp³-hybridized carbons (Fsp3) is 0.211. The van der Waals surface area contributed by atoms with Crippen LogP contribution in [0.2, 0.25) is 0 Å². The van der Waals surface area contributed by atoms with Crippen molar-refractivity contribution in [3.8, 4) is 29.6 Å². The molecule has 1 atom stereocenters. The number of ether oxygens (including phenoxy) is 2. The van der Waals surface area contributed by atoms with E-state index in [4.69, 9.17) is 15.9 Å². The molecule has 5 heteroatoms. The number of carbonyl (C=O) groups is 1. The number of amides is 1. The van der Waals surface area contributed by atoms with Gasteiger partial charge in [0.05, 0.1) is 19.3 Å². The molecular weight excluding hydrogens is 306 g/mol. The third kappa shape index (κ3) is 2.99. The maximum absolute atomic E-state index is 12.7. The summed E-state index contributed by atoms with van der Waals surface area (Å²) in [5.41, 5.74) is 1.41. The summed E-state index contributed by atoms with van der Waals surface area (Å²) in [6, 6.07) is 12.1. The summed E-state index contributed by atoms with van der Waals surface area (Å²) in [4.78, 5) is 14.2. The van der Waals surface area contributed by atoms with E-state index < -0.39 is 6.10 Å². The summed E-state index contributed by atoms with van der Waals surface area (Å²) in [5, 5.41) is 9.66. The number of terminal acetylenes is 1. The maximum atomic E-state index is 12.7. The second-order valence-corrected chi connectivity index (χ2v) is 5.44. The van der Waals surface area contributed by atoms with Crippen LogP contribution >= 0.6 is 0 Å². The minimum Gasteiger partial charge on any atom is -0.508 e. The molecule has 24 heavy (non-hydrogen) atoms. The van der Waals surface area contributed by atoms with Crippen LogP contribution < -0.4 is 14.4 Å². The van der Waals surface area contributed by atoms with Gasteiger partial charge in [-0.2, -0.15) is 0 Å². The second-order valence-electron chi connectivity index (χ2n) is 5.44. The van der Waals surface area contributed by atoms with Crippen LogP contribution in [0.3, 0.4) is 0 Å². The van der Waals surface area contributed by atoms with Gasteiger partial charge in [0.25, 0.3) is 5.91 Å². The molecule has 1 aliphatic heterocycles. The molecule has 1 amide bonds. The molecule has 2 aromatic rings. The zero-order chi connectivity index (χ0) is 17.1. The number of phenols is 1. The largest absolute Gasteiger partial charge is 0.508 e. The van der Waals surface area contributed by atoms with Crippen molar-refractivity contribution >= 4 is 11.6 Å². The maximum Gasteiger partial charge on any atom is 0.269 e. The third-order valence-corrected chi connectivity index (χ3v) is 3.85. The van der Waals surface area contributed by atoms with Crippen molar-refractivity contribution in [1.29, 1.82) is 0 Å². The Balaban J connectivity index is 1.91. The van der Waals surface area contributed by atoms with E-state index in [1.807, 2.05) is 24.3 Å². The highest BCUT2D eigenvalue weighted by Gasteiger charge is 2.34. The molecule has 122 valence electrons. The van der Waals surface area contributed by atoms with Gasteiger partial charge in [-0.3, -0.25) is 9.69 Å². The number of rotatable bonds is 4. The van der Waals surface area contributed by atoms with Crippen LogP contribution in [0.25, 0.3) is 0 Å². The molecule has 0 spiro atoms. The Morgan fingerprint density at radius 1 is 1.33 bits per heavy atom. The average Bonchev–Trinajstić information content (AvgIpc) is 2.59. The van der Waals surface area contributed by atoms with Crippen LogP contribution in [-0.4, -0.2) is 30.8 Å². The summed E-state index contributed by atoms with van der Waals surface area (Å²) < 4.78 is 11.1. The molecule has 0 fully saturated rings. The third-order valence-electron chi connectivity index (χ3n) is 3.85. The zero-order valence-electron chi connectivity index (χ0n) is 13.2. The molecule has 0 radical (unpaired) electrons. The van der Waals surface area contributed by atoms with E-state index in [-0.39, 0.29) is 18.2 Å². The number of benzene rings is 2. The number of hydrogen-bond acceptors (Lipinski definition) is 4. The topological polar surface area (TPSA) is 59.0 Å². The van der Waals surface area contributed by atoms with Crippen molar-refractivity contribution in [1.82, 2.24) is 0 Å². The first-order chi connectivity index (χ1) is 11.6. The first kappa shape index (κ1) is 15.8. The van der Waals surface area contributed by atoms with E-state index in [0.29, 0.717) is 17.9 Å². The number of hydrogen-bond donors (Lipinski definition) is 1. The van der Waals surface area contributed by atoms with Crippen LogP contribution in [0.4, 0.5) is 5.69 Å². The summed E-state index contributed by atoms with van der Waals surface area (Å²) in [7, 11) is 1.60. The van der Waals surface area contributed by atoms with E-state index in [9.17, 15) is 9.90 Å². The fourth-order valence-corrected chi connectivity index (χ4v) is 2.71. The van der Waals surface area contributed by atoms with Crippen LogP contribution in [0.15, 0.2) is 42.5 Å². The van der Waals surface area contributed by atoms with Crippen LogP contribution in [-0.2, 0) is 11.2 Å². The van der Waals surface area contributed by atoms with Gasteiger partial charge in [0, 0.05) is 12.5 Å². The lowest BCUT2D eigenvalue weighted by atomic mass is 10.0. The fourth-order valence-electron chi connectivity index (χ4n) is 2.71.